The predicted octanol–water partition coefficient (Wildman–Crippen LogP) is 7.96. The van der Waals surface area contributed by atoms with E-state index in [0.717, 1.165) is 68.6 Å². The number of carbonyl (C=O) groups is 4. The molecule has 4 N–H and O–H groups in total. The molecule has 0 aliphatic carbocycles. The average Bonchev–Trinajstić information content (AvgIpc) is 4.01. The Balaban J connectivity index is 1.08. The van der Waals surface area contributed by atoms with Gasteiger partial charge in [0.25, 0.3) is 0 Å². The molecule has 2 aromatic heterocycles. The maximum Gasteiger partial charge on any atom is 0.407 e. The molecule has 0 unspecified atom stereocenters. The highest BCUT2D eigenvalue weighted by molar-refractivity contribution is 5.89. The van der Waals surface area contributed by atoms with Gasteiger partial charge in [-0.05, 0) is 89.1 Å². The van der Waals surface area contributed by atoms with Gasteiger partial charge < -0.3 is 39.9 Å². The molecule has 2 aliphatic rings. The van der Waals surface area contributed by atoms with Crippen molar-refractivity contribution in [1.29, 1.82) is 0 Å². The first-order valence-electron chi connectivity index (χ1n) is 20.3. The highest BCUT2D eigenvalue weighted by atomic mass is 16.5. The van der Waals surface area contributed by atoms with Gasteiger partial charge in [0, 0.05) is 29.7 Å². The van der Waals surface area contributed by atoms with E-state index in [-0.39, 0.29) is 41.7 Å². The second-order valence-corrected chi connectivity index (χ2v) is 16.9. The molecular formula is C45H55N7O6. The number of rotatable bonds is 10. The number of H-pyrrole nitrogens is 2. The summed E-state index contributed by atoms with van der Waals surface area (Å²) >= 11 is 0. The fourth-order valence-electron chi connectivity index (χ4n) is 8.63. The van der Waals surface area contributed by atoms with E-state index in [1.54, 1.807) is 0 Å². The van der Waals surface area contributed by atoms with Crippen molar-refractivity contribution in [2.45, 2.75) is 78.6 Å². The van der Waals surface area contributed by atoms with E-state index < -0.39 is 24.3 Å². The van der Waals surface area contributed by atoms with E-state index in [4.69, 9.17) is 14.5 Å². The fourth-order valence-corrected chi connectivity index (χ4v) is 8.63. The van der Waals surface area contributed by atoms with Crippen LogP contribution >= 0.6 is 0 Å². The van der Waals surface area contributed by atoms with Crippen LogP contribution in [0.15, 0.2) is 66.7 Å². The van der Waals surface area contributed by atoms with Crippen molar-refractivity contribution >= 4 is 45.9 Å². The summed E-state index contributed by atoms with van der Waals surface area (Å²) in [6.45, 7) is 13.1. The van der Waals surface area contributed by atoms with Gasteiger partial charge in [-0.15, -0.1) is 0 Å². The van der Waals surface area contributed by atoms with Crippen LogP contribution < -0.4 is 10.6 Å². The maximum atomic E-state index is 13.8. The monoisotopic (exact) mass is 789 g/mol. The third-order valence-corrected chi connectivity index (χ3v) is 11.7. The van der Waals surface area contributed by atoms with Crippen molar-refractivity contribution < 1.29 is 28.7 Å². The number of amides is 4. The highest BCUT2D eigenvalue weighted by Gasteiger charge is 2.41. The van der Waals surface area contributed by atoms with Gasteiger partial charge in [-0.2, -0.15) is 0 Å². The maximum absolute atomic E-state index is 13.8. The molecule has 0 saturated carbocycles. The number of nitrogens with one attached hydrogen (secondary N) is 4. The number of hydrogen-bond acceptors (Lipinski definition) is 7. The molecule has 13 heteroatoms. The molecule has 0 spiro atoms. The molecule has 7 rings (SSSR count). The lowest BCUT2D eigenvalue weighted by Crippen LogP contribution is -2.51. The van der Waals surface area contributed by atoms with Gasteiger partial charge in [-0.1, -0.05) is 77.9 Å². The number of fused-ring (bicyclic) bond motifs is 2. The number of methoxy groups -OCH3 is 2. The number of alkyl carbamates (subject to hydrolysis) is 2. The molecule has 4 heterocycles. The summed E-state index contributed by atoms with van der Waals surface area (Å²) in [6.07, 6.45) is 0.362. The van der Waals surface area contributed by atoms with E-state index in [9.17, 15) is 19.2 Å². The van der Waals surface area contributed by atoms with Crippen LogP contribution in [-0.4, -0.2) is 88.1 Å². The van der Waals surface area contributed by atoms with Crippen molar-refractivity contribution in [3.63, 3.8) is 0 Å². The first-order chi connectivity index (χ1) is 27.7. The molecular weight excluding hydrogens is 735 g/mol. The van der Waals surface area contributed by atoms with E-state index in [2.05, 4.69) is 95.1 Å². The highest BCUT2D eigenvalue weighted by Crippen LogP contribution is 2.39. The predicted molar refractivity (Wildman–Crippen MR) is 224 cm³/mol. The molecule has 0 radical (unpaired) electrons. The van der Waals surface area contributed by atoms with Crippen LogP contribution in [0.3, 0.4) is 0 Å². The Morgan fingerprint density at radius 2 is 1.16 bits per heavy atom. The third kappa shape index (κ3) is 8.12. The first-order valence-corrected chi connectivity index (χ1v) is 20.3. The zero-order valence-electron chi connectivity index (χ0n) is 34.6. The van der Waals surface area contributed by atoms with Crippen molar-refractivity contribution in [2.24, 2.45) is 23.7 Å². The molecule has 5 aromatic rings. The Morgan fingerprint density at radius 3 is 1.71 bits per heavy atom. The van der Waals surface area contributed by atoms with Crippen LogP contribution in [0.2, 0.25) is 0 Å². The lowest BCUT2D eigenvalue weighted by atomic mass is 9.99. The second-order valence-electron chi connectivity index (χ2n) is 16.9. The van der Waals surface area contributed by atoms with Gasteiger partial charge >= 0.3 is 12.2 Å². The molecule has 306 valence electrons. The SMILES string of the molecule is COC(=O)N[C@H](C(=O)N1C[C@@H](C)C[C@H]1c1cc2cc(-c3ccc(-c4ccc5nc([C@@H]6C[C@H](C)CN6C(=O)[C@@H](NC(=O)OC)C(C)C)[nH]c5c4)cc3)ccc2[nH]1)C(C)C. The topological polar surface area (TPSA) is 162 Å². The molecule has 2 aliphatic heterocycles. The molecule has 2 fully saturated rings. The van der Waals surface area contributed by atoms with Crippen LogP contribution in [-0.2, 0) is 19.1 Å². The normalized spacial score (nSPS) is 20.5. The van der Waals surface area contributed by atoms with Crippen LogP contribution in [0.1, 0.15) is 78.0 Å². The van der Waals surface area contributed by atoms with Crippen molar-refractivity contribution in [2.75, 3.05) is 27.3 Å². The summed E-state index contributed by atoms with van der Waals surface area (Å²) in [5, 5.41) is 6.53. The molecule has 3 aromatic carbocycles. The van der Waals surface area contributed by atoms with Crippen LogP contribution in [0, 0.1) is 23.7 Å². The van der Waals surface area contributed by atoms with E-state index in [1.807, 2.05) is 43.6 Å². The Hall–Kier alpha value is -5.85. The van der Waals surface area contributed by atoms with Crippen LogP contribution in [0.25, 0.3) is 44.2 Å². The summed E-state index contributed by atoms with van der Waals surface area (Å²) in [6, 6.07) is 21.5. The summed E-state index contributed by atoms with van der Waals surface area (Å²) < 4.78 is 9.60. The third-order valence-electron chi connectivity index (χ3n) is 11.7. The van der Waals surface area contributed by atoms with Gasteiger partial charge in [-0.3, -0.25) is 9.59 Å². The van der Waals surface area contributed by atoms with Gasteiger partial charge in [0.1, 0.15) is 17.9 Å². The van der Waals surface area contributed by atoms with Gasteiger partial charge in [-0.25, -0.2) is 14.6 Å². The summed E-state index contributed by atoms with van der Waals surface area (Å²) in [7, 11) is 2.60. The van der Waals surface area contributed by atoms with Crippen LogP contribution in [0.4, 0.5) is 9.59 Å². The van der Waals surface area contributed by atoms with Gasteiger partial charge in [0.2, 0.25) is 11.8 Å². The minimum absolute atomic E-state index is 0.0977. The number of imidazole rings is 1. The Kier molecular flexibility index (Phi) is 11.5. The van der Waals surface area contributed by atoms with Crippen molar-refractivity contribution in [1.82, 2.24) is 35.4 Å². The summed E-state index contributed by atoms with van der Waals surface area (Å²) in [4.78, 5) is 67.5. The minimum Gasteiger partial charge on any atom is -0.453 e. The number of nitrogens with zero attached hydrogens (tertiary/aromatic N) is 3. The Morgan fingerprint density at radius 1 is 0.655 bits per heavy atom. The van der Waals surface area contributed by atoms with Crippen molar-refractivity contribution in [3.05, 3.63) is 78.2 Å². The first kappa shape index (κ1) is 40.4. The molecule has 2 saturated heterocycles. The largest absolute Gasteiger partial charge is 0.453 e. The molecule has 6 atom stereocenters. The number of aromatic nitrogens is 3. The fraction of sp³-hybridized carbons (Fsp3) is 0.444. The second kappa shape index (κ2) is 16.6. The smallest absolute Gasteiger partial charge is 0.407 e. The Labute approximate surface area is 339 Å². The minimum atomic E-state index is -0.701. The van der Waals surface area contributed by atoms with Gasteiger partial charge in [0.15, 0.2) is 0 Å². The number of benzene rings is 3. The summed E-state index contributed by atoms with van der Waals surface area (Å²) in [5.74, 6) is 0.876. The lowest BCUT2D eigenvalue weighted by Gasteiger charge is -2.30. The van der Waals surface area contributed by atoms with Crippen LogP contribution in [0.5, 0.6) is 0 Å². The van der Waals surface area contributed by atoms with E-state index >= 15 is 0 Å². The number of hydrogen-bond donors (Lipinski definition) is 4. The molecule has 58 heavy (non-hydrogen) atoms. The zero-order valence-corrected chi connectivity index (χ0v) is 34.6. The number of likely N-dealkylation sites (tertiary alicyclic amines) is 2. The number of carbonyl (C=O) groups excluding carboxylic acids is 4. The molecule has 4 amide bonds. The quantitative estimate of drug-likeness (QED) is 0.112. The number of aromatic amines is 2. The van der Waals surface area contributed by atoms with E-state index in [0.29, 0.717) is 19.0 Å². The Bertz CT molecular complexity index is 2150. The van der Waals surface area contributed by atoms with Crippen molar-refractivity contribution in [3.8, 4) is 22.3 Å². The molecule has 13 nitrogen and oxygen atoms in total. The average molecular weight is 790 g/mol. The van der Waals surface area contributed by atoms with E-state index in [1.165, 1.54) is 14.2 Å². The number of ether oxygens (including phenoxy) is 2. The van der Waals surface area contributed by atoms with Gasteiger partial charge in [0.05, 0.1) is 37.3 Å². The zero-order chi connectivity index (χ0) is 41.4. The molecule has 0 bridgehead atoms. The standard InChI is InChI=1S/C45H55N7O6/c1-24(2)39(49-44(55)57-7)42(53)51-22-26(5)17-37(51)36-21-32-19-30(13-15-33(32)46-36)28-9-11-29(12-10-28)31-14-16-34-35(20-31)48-41(47-34)38-18-27(6)23-52(38)43(54)40(25(3)4)50-45(56)58-8/h9-16,19-21,24-27,37-40,46H,17-18,22-23H2,1-8H3,(H,47,48)(H,49,55)(H,50,56)/t26-,27-,37-,38-,39-,40-/m0/s1. The lowest BCUT2D eigenvalue weighted by molar-refractivity contribution is -0.136. The summed E-state index contributed by atoms with van der Waals surface area (Å²) in [5.41, 5.74) is 7.97.